The van der Waals surface area contributed by atoms with E-state index in [1.807, 2.05) is 0 Å². The van der Waals surface area contributed by atoms with Gasteiger partial charge in [0.15, 0.2) is 5.01 Å². The average molecular weight is 415 g/mol. The van der Waals surface area contributed by atoms with Gasteiger partial charge in [-0.1, -0.05) is 52.2 Å². The summed E-state index contributed by atoms with van der Waals surface area (Å²) in [5, 5.41) is 12.6. The number of carbonyl (C=O) groups is 1. The molecule has 0 saturated carbocycles. The fraction of sp³-hybridized carbons (Fsp3) is 0.0625. The fourth-order valence-electron chi connectivity index (χ4n) is 1.91. The Balaban J connectivity index is 1.63. The first-order valence-electron chi connectivity index (χ1n) is 6.99. The molecular formula is C16H10Cl3N3O2S. The maximum atomic E-state index is 12.3. The Kier molecular flexibility index (Phi) is 5.75. The van der Waals surface area contributed by atoms with E-state index in [0.717, 1.165) is 0 Å². The molecule has 1 heterocycles. The third-order valence-electron chi connectivity index (χ3n) is 3.05. The Morgan fingerprint density at radius 2 is 1.72 bits per heavy atom. The van der Waals surface area contributed by atoms with Gasteiger partial charge in [-0.15, -0.1) is 10.2 Å². The molecular weight excluding hydrogens is 405 g/mol. The smallest absolute Gasteiger partial charge is 0.260 e. The van der Waals surface area contributed by atoms with Gasteiger partial charge in [0.25, 0.3) is 5.91 Å². The van der Waals surface area contributed by atoms with Crippen molar-refractivity contribution in [3.05, 3.63) is 68.1 Å². The first kappa shape index (κ1) is 17.9. The van der Waals surface area contributed by atoms with Crippen LogP contribution in [0.1, 0.15) is 15.4 Å². The molecule has 25 heavy (non-hydrogen) atoms. The van der Waals surface area contributed by atoms with Crippen molar-refractivity contribution in [2.45, 2.75) is 6.61 Å². The number of halogens is 3. The van der Waals surface area contributed by atoms with E-state index in [4.69, 9.17) is 39.5 Å². The van der Waals surface area contributed by atoms with Crippen LogP contribution >= 0.6 is 46.1 Å². The summed E-state index contributed by atoms with van der Waals surface area (Å²) in [4.78, 5) is 12.3. The summed E-state index contributed by atoms with van der Waals surface area (Å²) in [6.07, 6.45) is 0. The summed E-state index contributed by atoms with van der Waals surface area (Å²) < 4.78 is 5.58. The summed E-state index contributed by atoms with van der Waals surface area (Å²) in [6.45, 7) is 0.224. The Morgan fingerprint density at radius 3 is 2.40 bits per heavy atom. The molecule has 5 nitrogen and oxygen atoms in total. The van der Waals surface area contributed by atoms with E-state index >= 15 is 0 Å². The lowest BCUT2D eigenvalue weighted by atomic mass is 10.2. The Bertz CT molecular complexity index is 880. The highest BCUT2D eigenvalue weighted by atomic mass is 35.5. The minimum absolute atomic E-state index is 0.194. The van der Waals surface area contributed by atoms with Gasteiger partial charge in [-0.3, -0.25) is 10.1 Å². The van der Waals surface area contributed by atoms with Gasteiger partial charge in [-0.2, -0.15) is 0 Å². The molecule has 9 heteroatoms. The standard InChI is InChI=1S/C16H10Cl3N3O2S/c17-9-4-6-10(7-5-9)24-8-13-21-22-16(25-13)20-15(23)14-11(18)2-1-3-12(14)19/h1-7H,8H2,(H,20,22,23). The normalized spacial score (nSPS) is 10.5. The molecule has 1 amide bonds. The number of carbonyl (C=O) groups excluding carboxylic acids is 1. The zero-order valence-corrected chi connectivity index (χ0v) is 15.6. The quantitative estimate of drug-likeness (QED) is 0.613. The molecule has 0 radical (unpaired) electrons. The van der Waals surface area contributed by atoms with Crippen molar-refractivity contribution in [1.82, 2.24) is 10.2 Å². The van der Waals surface area contributed by atoms with Crippen LogP contribution in [0.5, 0.6) is 5.75 Å². The van der Waals surface area contributed by atoms with Gasteiger partial charge in [-0.05, 0) is 36.4 Å². The number of hydrogen-bond acceptors (Lipinski definition) is 5. The van der Waals surface area contributed by atoms with Crippen LogP contribution in [0.25, 0.3) is 0 Å². The lowest BCUT2D eigenvalue weighted by Gasteiger charge is -2.05. The molecule has 1 aromatic heterocycles. The van der Waals surface area contributed by atoms with Crippen LogP contribution in [0.2, 0.25) is 15.1 Å². The van der Waals surface area contributed by atoms with Crippen molar-refractivity contribution in [3.63, 3.8) is 0 Å². The number of rotatable bonds is 5. The van der Waals surface area contributed by atoms with Crippen LogP contribution in [0.4, 0.5) is 5.13 Å². The van der Waals surface area contributed by atoms with Crippen LogP contribution < -0.4 is 10.1 Å². The maximum Gasteiger partial charge on any atom is 0.260 e. The van der Waals surface area contributed by atoms with Gasteiger partial charge in [0.05, 0.1) is 15.6 Å². The predicted octanol–water partition coefficient (Wildman–Crippen LogP) is 5.33. The molecule has 0 aliphatic rings. The number of nitrogens with zero attached hydrogens (tertiary/aromatic N) is 2. The van der Waals surface area contributed by atoms with Crippen molar-refractivity contribution in [3.8, 4) is 5.75 Å². The summed E-state index contributed by atoms with van der Waals surface area (Å²) in [5.74, 6) is 0.213. The summed E-state index contributed by atoms with van der Waals surface area (Å²) in [5.41, 5.74) is 0.194. The lowest BCUT2D eigenvalue weighted by molar-refractivity contribution is 0.102. The molecule has 0 spiro atoms. The van der Waals surface area contributed by atoms with E-state index in [1.165, 1.54) is 11.3 Å². The van der Waals surface area contributed by atoms with Gasteiger partial charge in [-0.25, -0.2) is 0 Å². The largest absolute Gasteiger partial charge is 0.486 e. The highest BCUT2D eigenvalue weighted by molar-refractivity contribution is 7.15. The van der Waals surface area contributed by atoms with Crippen molar-refractivity contribution in [2.24, 2.45) is 0 Å². The molecule has 0 aliphatic carbocycles. The van der Waals surface area contributed by atoms with Gasteiger partial charge >= 0.3 is 0 Å². The van der Waals surface area contributed by atoms with Crippen LogP contribution in [0, 0.1) is 0 Å². The van der Waals surface area contributed by atoms with Crippen molar-refractivity contribution >= 4 is 57.2 Å². The average Bonchev–Trinajstić information content (AvgIpc) is 3.01. The summed E-state index contributed by atoms with van der Waals surface area (Å²) in [7, 11) is 0. The van der Waals surface area contributed by atoms with Gasteiger partial charge < -0.3 is 4.74 Å². The second-order valence-corrected chi connectivity index (χ2v) is 7.11. The molecule has 3 aromatic rings. The molecule has 0 aliphatic heterocycles. The van der Waals surface area contributed by atoms with Gasteiger partial charge in [0.1, 0.15) is 12.4 Å². The molecule has 1 N–H and O–H groups in total. The molecule has 2 aromatic carbocycles. The molecule has 3 rings (SSSR count). The molecule has 0 unspecified atom stereocenters. The number of anilines is 1. The molecule has 128 valence electrons. The second-order valence-electron chi connectivity index (χ2n) is 4.79. The van der Waals surface area contributed by atoms with E-state index in [9.17, 15) is 4.79 Å². The number of hydrogen-bond donors (Lipinski definition) is 1. The molecule has 0 fully saturated rings. The first-order valence-corrected chi connectivity index (χ1v) is 8.94. The van der Waals surface area contributed by atoms with Crippen LogP contribution in [0.3, 0.4) is 0 Å². The van der Waals surface area contributed by atoms with E-state index in [1.54, 1.807) is 42.5 Å². The van der Waals surface area contributed by atoms with Crippen molar-refractivity contribution in [1.29, 1.82) is 0 Å². The van der Waals surface area contributed by atoms with Crippen LogP contribution in [-0.4, -0.2) is 16.1 Å². The summed E-state index contributed by atoms with van der Waals surface area (Å²) in [6, 6.07) is 11.8. The molecule has 0 bridgehead atoms. The van der Waals surface area contributed by atoms with Gasteiger partial charge in [0, 0.05) is 5.02 Å². The summed E-state index contributed by atoms with van der Waals surface area (Å²) >= 11 is 19.1. The third-order valence-corrected chi connectivity index (χ3v) is 4.75. The van der Waals surface area contributed by atoms with E-state index < -0.39 is 5.91 Å². The Morgan fingerprint density at radius 1 is 1.04 bits per heavy atom. The number of nitrogens with one attached hydrogen (secondary N) is 1. The number of amides is 1. The second kappa shape index (κ2) is 8.01. The third kappa shape index (κ3) is 4.61. The Hall–Kier alpha value is -1.86. The topological polar surface area (TPSA) is 64.1 Å². The minimum atomic E-state index is -0.447. The fourth-order valence-corrected chi connectivity index (χ4v) is 3.26. The minimum Gasteiger partial charge on any atom is -0.486 e. The molecule has 0 atom stereocenters. The first-order chi connectivity index (χ1) is 12.0. The predicted molar refractivity (Wildman–Crippen MR) is 100 cm³/mol. The Labute approximate surface area is 162 Å². The molecule has 0 saturated heterocycles. The van der Waals surface area contributed by atoms with Crippen molar-refractivity contribution in [2.75, 3.05) is 5.32 Å². The van der Waals surface area contributed by atoms with Gasteiger partial charge in [0.2, 0.25) is 5.13 Å². The number of aromatic nitrogens is 2. The lowest BCUT2D eigenvalue weighted by Crippen LogP contribution is -2.12. The van der Waals surface area contributed by atoms with Crippen molar-refractivity contribution < 1.29 is 9.53 Å². The number of ether oxygens (including phenoxy) is 1. The van der Waals surface area contributed by atoms with E-state index in [2.05, 4.69) is 15.5 Å². The zero-order chi connectivity index (χ0) is 17.8. The van der Waals surface area contributed by atoms with Crippen LogP contribution in [0.15, 0.2) is 42.5 Å². The van der Waals surface area contributed by atoms with Crippen LogP contribution in [-0.2, 0) is 6.61 Å². The maximum absolute atomic E-state index is 12.3. The van der Waals surface area contributed by atoms with E-state index in [0.29, 0.717) is 20.9 Å². The highest BCUT2D eigenvalue weighted by Gasteiger charge is 2.16. The van der Waals surface area contributed by atoms with E-state index in [-0.39, 0.29) is 22.2 Å². The zero-order valence-electron chi connectivity index (χ0n) is 12.5. The highest BCUT2D eigenvalue weighted by Crippen LogP contribution is 2.26. The SMILES string of the molecule is O=C(Nc1nnc(COc2ccc(Cl)cc2)s1)c1c(Cl)cccc1Cl. The monoisotopic (exact) mass is 413 g/mol. The number of benzene rings is 2.